The largest absolute Gasteiger partial charge is 0.496 e. The highest BCUT2D eigenvalue weighted by atomic mass is 19.1. The van der Waals surface area contributed by atoms with Gasteiger partial charge in [-0.05, 0) is 36.4 Å². The van der Waals surface area contributed by atoms with E-state index in [9.17, 15) is 9.18 Å². The molecule has 7 heteroatoms. The van der Waals surface area contributed by atoms with Crippen LogP contribution in [0.5, 0.6) is 17.2 Å². The van der Waals surface area contributed by atoms with E-state index in [4.69, 9.17) is 14.2 Å². The molecule has 1 amide bonds. The van der Waals surface area contributed by atoms with Gasteiger partial charge in [0.1, 0.15) is 11.6 Å². The molecule has 2 aromatic carbocycles. The molecule has 0 radical (unpaired) electrons. The number of benzene rings is 2. The summed E-state index contributed by atoms with van der Waals surface area (Å²) in [5, 5.41) is 0. The van der Waals surface area contributed by atoms with Crippen molar-refractivity contribution < 1.29 is 23.4 Å². The van der Waals surface area contributed by atoms with E-state index < -0.39 is 0 Å². The number of piperazine rings is 1. The summed E-state index contributed by atoms with van der Waals surface area (Å²) in [7, 11) is 4.68. The fourth-order valence-electron chi connectivity index (χ4n) is 3.29. The lowest BCUT2D eigenvalue weighted by molar-refractivity contribution is -0.126. The van der Waals surface area contributed by atoms with Gasteiger partial charge >= 0.3 is 0 Å². The molecule has 0 aromatic heterocycles. The predicted octanol–water partition coefficient (Wildman–Crippen LogP) is 3.21. The molecule has 29 heavy (non-hydrogen) atoms. The second-order valence-corrected chi connectivity index (χ2v) is 6.57. The molecule has 154 valence electrons. The number of methoxy groups -OCH3 is 3. The Morgan fingerprint density at radius 3 is 2.07 bits per heavy atom. The first kappa shape index (κ1) is 20.5. The van der Waals surface area contributed by atoms with Crippen molar-refractivity contribution in [2.75, 3.05) is 52.4 Å². The van der Waals surface area contributed by atoms with E-state index in [-0.39, 0.29) is 11.7 Å². The Morgan fingerprint density at radius 2 is 1.48 bits per heavy atom. The fraction of sp³-hybridized carbons (Fsp3) is 0.318. The van der Waals surface area contributed by atoms with E-state index in [1.807, 2.05) is 0 Å². The number of carbonyl (C=O) groups excluding carboxylic acids is 1. The monoisotopic (exact) mass is 400 g/mol. The molecule has 1 aliphatic rings. The zero-order chi connectivity index (χ0) is 20.8. The van der Waals surface area contributed by atoms with Crippen molar-refractivity contribution in [3.63, 3.8) is 0 Å². The Hall–Kier alpha value is -3.22. The zero-order valence-electron chi connectivity index (χ0n) is 16.9. The van der Waals surface area contributed by atoms with Gasteiger partial charge in [-0.1, -0.05) is 0 Å². The number of halogens is 1. The van der Waals surface area contributed by atoms with Crippen LogP contribution in [-0.2, 0) is 4.79 Å². The molecule has 0 saturated carbocycles. The molecule has 0 atom stereocenters. The van der Waals surface area contributed by atoms with Crippen LogP contribution in [0.1, 0.15) is 5.56 Å². The summed E-state index contributed by atoms with van der Waals surface area (Å²) in [6.45, 7) is 2.60. The highest BCUT2D eigenvalue weighted by molar-refractivity contribution is 5.92. The van der Waals surface area contributed by atoms with Crippen LogP contribution in [0.25, 0.3) is 6.08 Å². The Kier molecular flexibility index (Phi) is 6.59. The van der Waals surface area contributed by atoms with Gasteiger partial charge in [-0.25, -0.2) is 4.39 Å². The Morgan fingerprint density at radius 1 is 0.897 bits per heavy atom. The van der Waals surface area contributed by atoms with Crippen molar-refractivity contribution in [1.29, 1.82) is 0 Å². The molecule has 0 bridgehead atoms. The zero-order valence-corrected chi connectivity index (χ0v) is 16.9. The third kappa shape index (κ3) is 4.80. The van der Waals surface area contributed by atoms with Gasteiger partial charge in [0, 0.05) is 49.6 Å². The molecule has 1 heterocycles. The molecular weight excluding hydrogens is 375 g/mol. The molecule has 0 spiro atoms. The van der Waals surface area contributed by atoms with Crippen molar-refractivity contribution in [1.82, 2.24) is 4.90 Å². The van der Waals surface area contributed by atoms with E-state index in [2.05, 4.69) is 4.90 Å². The normalized spacial score (nSPS) is 14.2. The van der Waals surface area contributed by atoms with Crippen molar-refractivity contribution >= 4 is 17.7 Å². The Bertz CT molecular complexity index is 875. The standard InChI is InChI=1S/C22H25FN2O4/c1-27-19-15-21(29-3)20(28-2)14-16(19)4-9-22(26)25-12-10-24(11-13-25)18-7-5-17(23)6-8-18/h4-9,14-15H,10-13H2,1-3H3/b9-4+. The maximum absolute atomic E-state index is 13.1. The van der Waals surface area contributed by atoms with Gasteiger partial charge in [0.25, 0.3) is 0 Å². The van der Waals surface area contributed by atoms with Gasteiger partial charge in [-0.2, -0.15) is 0 Å². The van der Waals surface area contributed by atoms with Crippen LogP contribution in [0.15, 0.2) is 42.5 Å². The topological polar surface area (TPSA) is 51.2 Å². The quantitative estimate of drug-likeness (QED) is 0.697. The van der Waals surface area contributed by atoms with Crippen molar-refractivity contribution in [2.45, 2.75) is 0 Å². The maximum Gasteiger partial charge on any atom is 0.246 e. The summed E-state index contributed by atoms with van der Waals surface area (Å²) in [5.74, 6) is 1.39. The van der Waals surface area contributed by atoms with Crippen LogP contribution in [0.4, 0.5) is 10.1 Å². The summed E-state index contributed by atoms with van der Waals surface area (Å²) in [6.07, 6.45) is 3.26. The molecule has 6 nitrogen and oxygen atoms in total. The van der Waals surface area contributed by atoms with E-state index >= 15 is 0 Å². The van der Waals surface area contributed by atoms with Crippen LogP contribution < -0.4 is 19.1 Å². The number of hydrogen-bond acceptors (Lipinski definition) is 5. The first-order valence-corrected chi connectivity index (χ1v) is 9.33. The number of ether oxygens (including phenoxy) is 3. The van der Waals surface area contributed by atoms with Crippen LogP contribution in [0.3, 0.4) is 0 Å². The summed E-state index contributed by atoms with van der Waals surface area (Å²) >= 11 is 0. The van der Waals surface area contributed by atoms with Gasteiger partial charge in [-0.3, -0.25) is 4.79 Å². The molecular formula is C22H25FN2O4. The summed E-state index contributed by atoms with van der Waals surface area (Å²) in [4.78, 5) is 16.5. The smallest absolute Gasteiger partial charge is 0.246 e. The van der Waals surface area contributed by atoms with Gasteiger partial charge in [0.2, 0.25) is 5.91 Å². The third-order valence-electron chi connectivity index (χ3n) is 4.92. The lowest BCUT2D eigenvalue weighted by Gasteiger charge is -2.35. The molecule has 1 saturated heterocycles. The predicted molar refractivity (Wildman–Crippen MR) is 110 cm³/mol. The lowest BCUT2D eigenvalue weighted by Crippen LogP contribution is -2.48. The molecule has 2 aromatic rings. The fourth-order valence-corrected chi connectivity index (χ4v) is 3.29. The Balaban J connectivity index is 1.65. The number of amides is 1. The number of anilines is 1. The molecule has 1 fully saturated rings. The molecule has 0 unspecified atom stereocenters. The summed E-state index contributed by atoms with van der Waals surface area (Å²) in [6, 6.07) is 9.92. The maximum atomic E-state index is 13.1. The summed E-state index contributed by atoms with van der Waals surface area (Å²) in [5.41, 5.74) is 1.69. The van der Waals surface area contributed by atoms with Crippen LogP contribution in [-0.4, -0.2) is 58.3 Å². The van der Waals surface area contributed by atoms with E-state index in [1.165, 1.54) is 18.2 Å². The minimum Gasteiger partial charge on any atom is -0.496 e. The third-order valence-corrected chi connectivity index (χ3v) is 4.92. The second kappa shape index (κ2) is 9.32. The summed E-state index contributed by atoms with van der Waals surface area (Å²) < 4.78 is 29.1. The van der Waals surface area contributed by atoms with Crippen LogP contribution in [0, 0.1) is 5.82 Å². The minimum absolute atomic E-state index is 0.0689. The van der Waals surface area contributed by atoms with Crippen molar-refractivity contribution in [2.24, 2.45) is 0 Å². The van der Waals surface area contributed by atoms with E-state index in [0.717, 1.165) is 11.3 Å². The first-order chi connectivity index (χ1) is 14.0. The lowest BCUT2D eigenvalue weighted by atomic mass is 10.1. The molecule has 1 aliphatic heterocycles. The first-order valence-electron chi connectivity index (χ1n) is 9.33. The van der Waals surface area contributed by atoms with Gasteiger partial charge in [0.15, 0.2) is 11.5 Å². The van der Waals surface area contributed by atoms with Crippen LogP contribution in [0.2, 0.25) is 0 Å². The van der Waals surface area contributed by atoms with E-state index in [1.54, 1.807) is 56.6 Å². The molecule has 0 N–H and O–H groups in total. The average molecular weight is 400 g/mol. The minimum atomic E-state index is -0.252. The van der Waals surface area contributed by atoms with Gasteiger partial charge in [0.05, 0.1) is 21.3 Å². The molecule has 3 rings (SSSR count). The highest BCUT2D eigenvalue weighted by Gasteiger charge is 2.20. The van der Waals surface area contributed by atoms with Gasteiger partial charge in [-0.15, -0.1) is 0 Å². The average Bonchev–Trinajstić information content (AvgIpc) is 2.77. The number of carbonyl (C=O) groups is 1. The van der Waals surface area contributed by atoms with Crippen molar-refractivity contribution in [3.05, 3.63) is 53.9 Å². The SMILES string of the molecule is COc1cc(OC)c(OC)cc1/C=C/C(=O)N1CCN(c2ccc(F)cc2)CC1. The van der Waals surface area contributed by atoms with Gasteiger partial charge < -0.3 is 24.0 Å². The Labute approximate surface area is 170 Å². The second-order valence-electron chi connectivity index (χ2n) is 6.57. The number of rotatable bonds is 6. The number of hydrogen-bond donors (Lipinski definition) is 0. The van der Waals surface area contributed by atoms with E-state index in [0.29, 0.717) is 43.4 Å². The van der Waals surface area contributed by atoms with Crippen molar-refractivity contribution in [3.8, 4) is 17.2 Å². The highest BCUT2D eigenvalue weighted by Crippen LogP contribution is 2.35. The van der Waals surface area contributed by atoms with Crippen LogP contribution >= 0.6 is 0 Å². The molecule has 0 aliphatic carbocycles. The number of nitrogens with zero attached hydrogens (tertiary/aromatic N) is 2.